The molecule has 0 unspecified atom stereocenters. The number of hydrogen-bond acceptors (Lipinski definition) is 0. The molecule has 0 aliphatic carbocycles. The van der Waals surface area contributed by atoms with Crippen LogP contribution in [0.4, 0.5) is 0 Å². The molecule has 6 heteroatoms. The first-order valence-corrected chi connectivity index (χ1v) is 22.2. The minimum atomic E-state index is -1.77. The van der Waals surface area contributed by atoms with Crippen molar-refractivity contribution >= 4 is 50.8 Å². The molecule has 0 heterocycles. The summed E-state index contributed by atoms with van der Waals surface area (Å²) in [7, 11) is -3.54. The van der Waals surface area contributed by atoms with E-state index in [1.807, 2.05) is 0 Å². The van der Waals surface area contributed by atoms with Crippen LogP contribution >= 0.6 is 22.2 Å². The number of halogens is 2. The zero-order chi connectivity index (χ0) is 20.2. The topological polar surface area (TPSA) is 0 Å². The van der Waals surface area contributed by atoms with Crippen LogP contribution in [0, 0.1) is 0 Å². The van der Waals surface area contributed by atoms with Gasteiger partial charge >= 0.3 is 0 Å². The molecule has 0 saturated carbocycles. The van der Waals surface area contributed by atoms with E-state index in [2.05, 4.69) is 96.2 Å². The van der Waals surface area contributed by atoms with Gasteiger partial charge in [0.2, 0.25) is 0 Å². The molecule has 0 aromatic rings. The van der Waals surface area contributed by atoms with Crippen LogP contribution in [0.25, 0.3) is 0 Å². The van der Waals surface area contributed by atoms with E-state index in [9.17, 15) is 0 Å². The lowest BCUT2D eigenvalue weighted by Gasteiger charge is -2.53. The first kappa shape index (κ1) is 25.4. The van der Waals surface area contributed by atoms with Crippen LogP contribution in [0.5, 0.6) is 0 Å². The molecule has 0 aliphatic heterocycles. The lowest BCUT2D eigenvalue weighted by molar-refractivity contribution is 0.635. The summed E-state index contributed by atoms with van der Waals surface area (Å²) in [5.41, 5.74) is 0. The molecule has 0 aliphatic rings. The highest BCUT2D eigenvalue weighted by molar-refractivity contribution is 7.74. The van der Waals surface area contributed by atoms with Gasteiger partial charge in [-0.2, -0.15) is 0 Å². The molecule has 0 aromatic carbocycles. The van der Waals surface area contributed by atoms with Crippen LogP contribution in [-0.2, 0) is 0 Å². The van der Waals surface area contributed by atoms with Gasteiger partial charge in [-0.15, -0.1) is 22.2 Å². The molecule has 0 fully saturated rings. The van der Waals surface area contributed by atoms with Crippen molar-refractivity contribution in [3.63, 3.8) is 0 Å². The Hall–Kier alpha value is 1.45. The highest BCUT2D eigenvalue weighted by atomic mass is 35.6. The summed E-state index contributed by atoms with van der Waals surface area (Å²) in [6, 6.07) is 0. The molecule has 0 rings (SSSR count). The molecule has 0 nitrogen and oxygen atoms in total. The summed E-state index contributed by atoms with van der Waals surface area (Å²) < 4.78 is 0. The second kappa shape index (κ2) is 7.12. The van der Waals surface area contributed by atoms with Crippen molar-refractivity contribution in [2.45, 2.75) is 116 Å². The Kier molecular flexibility index (Phi) is 7.55. The number of rotatable bonds is 2. The Balaban J connectivity index is 6.92. The summed E-state index contributed by atoms with van der Waals surface area (Å²) in [5, 5.41) is 1.10. The quantitative estimate of drug-likeness (QED) is 0.300. The fourth-order valence-electron chi connectivity index (χ4n) is 4.01. The first-order chi connectivity index (χ1) is 10.1. The molecule has 0 aromatic heterocycles. The Morgan fingerprint density at radius 1 is 0.458 bits per heavy atom. The van der Waals surface area contributed by atoms with Crippen LogP contribution in [0.2, 0.25) is 33.2 Å². The SMILES string of the molecule is CC(C)(C)[Si](C)(/[Si](Cl)=[Si](\Cl)[Si](C)(C(C)(C)C)C(C)(C)C)C(C)(C)C. The van der Waals surface area contributed by atoms with Crippen molar-refractivity contribution in [3.8, 4) is 0 Å². The lowest BCUT2D eigenvalue weighted by Crippen LogP contribution is -2.64. The highest BCUT2D eigenvalue weighted by Crippen LogP contribution is 2.55. The normalized spacial score (nSPS) is 17.0. The Bertz CT molecular complexity index is 423. The summed E-state index contributed by atoms with van der Waals surface area (Å²) in [5.74, 6) is 0. The molecular formula is C18H42Cl2Si4. The Labute approximate surface area is 166 Å². The van der Waals surface area contributed by atoms with Gasteiger partial charge in [-0.25, -0.2) is 0 Å². The molecule has 0 spiro atoms. The monoisotopic (exact) mass is 440 g/mol. The summed E-state index contributed by atoms with van der Waals surface area (Å²) in [6.07, 6.45) is 0. The third kappa shape index (κ3) is 4.14. The maximum absolute atomic E-state index is 7.52. The molecular weight excluding hydrogens is 399 g/mol. The minimum absolute atomic E-state index is 0.275. The van der Waals surface area contributed by atoms with E-state index >= 15 is 0 Å². The van der Waals surface area contributed by atoms with Crippen molar-refractivity contribution in [2.24, 2.45) is 0 Å². The predicted molar refractivity (Wildman–Crippen MR) is 125 cm³/mol. The first-order valence-electron chi connectivity index (χ1n) is 9.13. The fourth-order valence-corrected chi connectivity index (χ4v) is 77.9. The van der Waals surface area contributed by atoms with E-state index in [0.717, 1.165) is 0 Å². The molecule has 144 valence electrons. The Morgan fingerprint density at radius 2 is 0.583 bits per heavy atom. The van der Waals surface area contributed by atoms with Gasteiger partial charge in [-0.1, -0.05) is 96.2 Å². The average Bonchev–Trinajstić information content (AvgIpc) is 2.29. The fraction of sp³-hybridized carbons (Fsp3) is 1.00. The maximum Gasteiger partial charge on any atom is 0.105 e. The van der Waals surface area contributed by atoms with E-state index in [4.69, 9.17) is 22.2 Å². The van der Waals surface area contributed by atoms with Gasteiger partial charge in [0.05, 0.1) is 15.2 Å². The molecule has 0 amide bonds. The van der Waals surface area contributed by atoms with Crippen molar-refractivity contribution in [1.29, 1.82) is 0 Å². The zero-order valence-corrected chi connectivity index (χ0v) is 24.3. The third-order valence-corrected chi connectivity index (χ3v) is 66.3. The standard InChI is InChI=1S/C18H42Cl2Si4/c1-15(2,3)23(13,16(4,5)6)21(19)22(20)24(14,17(7,8)9)18(10,11)12/h1-14H3/b22-21+. The summed E-state index contributed by atoms with van der Waals surface area (Å²) >= 11 is 15.0. The third-order valence-electron chi connectivity index (χ3n) is 7.07. The van der Waals surface area contributed by atoms with Crippen LogP contribution < -0.4 is 0 Å². The van der Waals surface area contributed by atoms with Crippen molar-refractivity contribution in [2.75, 3.05) is 0 Å². The average molecular weight is 442 g/mol. The van der Waals surface area contributed by atoms with E-state index in [-0.39, 0.29) is 20.2 Å². The van der Waals surface area contributed by atoms with Gasteiger partial charge in [-0.05, 0) is 20.2 Å². The smallest absolute Gasteiger partial charge is 0.105 e. The second-order valence-electron chi connectivity index (χ2n) is 11.9. The molecule has 0 radical (unpaired) electrons. The minimum Gasteiger partial charge on any atom is -0.147 e. The highest BCUT2D eigenvalue weighted by Gasteiger charge is 2.58. The van der Waals surface area contributed by atoms with E-state index in [1.54, 1.807) is 0 Å². The molecule has 0 bridgehead atoms. The number of hydrogen-bond donors (Lipinski definition) is 0. The van der Waals surface area contributed by atoms with Crippen LogP contribution in [-0.4, -0.2) is 28.6 Å². The zero-order valence-electron chi connectivity index (χ0n) is 18.8. The van der Waals surface area contributed by atoms with Gasteiger partial charge in [-0.3, -0.25) is 0 Å². The lowest BCUT2D eigenvalue weighted by atomic mass is 10.2. The summed E-state index contributed by atoms with van der Waals surface area (Å²) in [6.45, 7) is 31.9. The van der Waals surface area contributed by atoms with E-state index in [1.165, 1.54) is 0 Å². The van der Waals surface area contributed by atoms with E-state index < -0.39 is 28.6 Å². The molecule has 0 N–H and O–H groups in total. The second-order valence-corrected chi connectivity index (χ2v) is 44.7. The molecule has 0 saturated heterocycles. The van der Waals surface area contributed by atoms with Gasteiger partial charge in [0.1, 0.15) is 13.4 Å². The van der Waals surface area contributed by atoms with Gasteiger partial charge in [0.25, 0.3) is 0 Å². The van der Waals surface area contributed by atoms with Gasteiger partial charge in [0.15, 0.2) is 0 Å². The van der Waals surface area contributed by atoms with Gasteiger partial charge < -0.3 is 0 Å². The van der Waals surface area contributed by atoms with Gasteiger partial charge in [0, 0.05) is 0 Å². The van der Waals surface area contributed by atoms with Crippen molar-refractivity contribution in [1.82, 2.24) is 0 Å². The molecule has 0 atom stereocenters. The molecule has 24 heavy (non-hydrogen) atoms. The maximum atomic E-state index is 7.52. The van der Waals surface area contributed by atoms with Crippen LogP contribution in [0.15, 0.2) is 0 Å². The van der Waals surface area contributed by atoms with E-state index in [0.29, 0.717) is 0 Å². The van der Waals surface area contributed by atoms with Crippen LogP contribution in [0.1, 0.15) is 83.1 Å². The Morgan fingerprint density at radius 3 is 0.667 bits per heavy atom. The summed E-state index contributed by atoms with van der Waals surface area (Å²) in [4.78, 5) is 0. The predicted octanol–water partition coefficient (Wildman–Crippen LogP) is 8.04. The van der Waals surface area contributed by atoms with Crippen molar-refractivity contribution < 1.29 is 0 Å². The largest absolute Gasteiger partial charge is 0.147 e. The van der Waals surface area contributed by atoms with Crippen molar-refractivity contribution in [3.05, 3.63) is 0 Å². The van der Waals surface area contributed by atoms with Crippen LogP contribution in [0.3, 0.4) is 0 Å².